The van der Waals surface area contributed by atoms with Crippen molar-refractivity contribution in [2.45, 2.75) is 13.1 Å². The van der Waals surface area contributed by atoms with E-state index in [1.165, 1.54) is 25.3 Å². The van der Waals surface area contributed by atoms with Crippen LogP contribution < -0.4 is 15.6 Å². The van der Waals surface area contributed by atoms with Crippen LogP contribution in [0.2, 0.25) is 0 Å². The molecule has 0 aliphatic rings. The second-order valence-electron chi connectivity index (χ2n) is 6.63. The molecule has 34 heavy (non-hydrogen) atoms. The number of rotatable bonds is 4. The summed E-state index contributed by atoms with van der Waals surface area (Å²) in [7, 11) is -4.64. The molecule has 1 amide bonds. The van der Waals surface area contributed by atoms with Crippen molar-refractivity contribution in [3.05, 3.63) is 87.6 Å². The summed E-state index contributed by atoms with van der Waals surface area (Å²) in [6.45, 7) is 1.52. The smallest absolute Gasteiger partial charge is 0.456 e. The summed E-state index contributed by atoms with van der Waals surface area (Å²) in [5.74, 6) is -1.59. The van der Waals surface area contributed by atoms with Crippen LogP contribution in [0.4, 0.5) is 23.2 Å². The largest absolute Gasteiger partial charge is 0.466 e. The van der Waals surface area contributed by atoms with Gasteiger partial charge in [0.15, 0.2) is 0 Å². The van der Waals surface area contributed by atoms with Gasteiger partial charge in [0.05, 0.1) is 11.1 Å². The summed E-state index contributed by atoms with van der Waals surface area (Å²) in [5.41, 5.74) is -1.18. The van der Waals surface area contributed by atoms with Gasteiger partial charge >= 0.3 is 14.0 Å². The SMILES string of the molecule is Cc1cc(F)ccc1Oc1cc(C(F)(F)F)ccc1C(=O)Nc1cc[nH]c(=O)c1.O=P(O)(O)O. The molecule has 2 aromatic carbocycles. The molecule has 5 N–H and O–H groups in total. The fourth-order valence-corrected chi connectivity index (χ4v) is 2.54. The molecule has 0 saturated heterocycles. The molecule has 1 heterocycles. The quantitative estimate of drug-likeness (QED) is 0.267. The van der Waals surface area contributed by atoms with Gasteiger partial charge in [-0.3, -0.25) is 9.59 Å². The molecule has 0 unspecified atom stereocenters. The van der Waals surface area contributed by atoms with E-state index < -0.39 is 36.8 Å². The number of carbonyl (C=O) groups excluding carboxylic acids is 1. The Morgan fingerprint density at radius 2 is 1.68 bits per heavy atom. The molecule has 0 radical (unpaired) electrons. The first kappa shape index (κ1) is 26.7. The van der Waals surface area contributed by atoms with Crippen LogP contribution in [0, 0.1) is 12.7 Å². The first-order valence-electron chi connectivity index (χ1n) is 9.07. The molecular weight excluding hydrogens is 487 g/mol. The molecule has 0 saturated carbocycles. The van der Waals surface area contributed by atoms with Crippen LogP contribution >= 0.6 is 7.82 Å². The lowest BCUT2D eigenvalue weighted by molar-refractivity contribution is -0.137. The minimum absolute atomic E-state index is 0.0935. The lowest BCUT2D eigenvalue weighted by Gasteiger charge is -2.15. The molecule has 14 heteroatoms. The molecule has 0 atom stereocenters. The van der Waals surface area contributed by atoms with Crippen LogP contribution in [0.5, 0.6) is 11.5 Å². The van der Waals surface area contributed by atoms with E-state index in [-0.39, 0.29) is 22.7 Å². The van der Waals surface area contributed by atoms with Crippen LogP contribution in [0.25, 0.3) is 0 Å². The number of pyridine rings is 1. The third kappa shape index (κ3) is 8.45. The van der Waals surface area contributed by atoms with E-state index in [9.17, 15) is 27.2 Å². The number of amides is 1. The lowest BCUT2D eigenvalue weighted by Crippen LogP contribution is -2.16. The fourth-order valence-electron chi connectivity index (χ4n) is 2.54. The maximum atomic E-state index is 13.3. The van der Waals surface area contributed by atoms with E-state index in [1.807, 2.05) is 0 Å². The number of nitrogens with one attached hydrogen (secondary N) is 2. The third-order valence-electron chi connectivity index (χ3n) is 3.94. The van der Waals surface area contributed by atoms with Crippen molar-refractivity contribution in [1.82, 2.24) is 4.98 Å². The van der Waals surface area contributed by atoms with E-state index in [0.717, 1.165) is 30.3 Å². The topological polar surface area (TPSA) is 149 Å². The van der Waals surface area contributed by atoms with E-state index in [0.29, 0.717) is 11.6 Å². The van der Waals surface area contributed by atoms with Crippen molar-refractivity contribution in [3.63, 3.8) is 0 Å². The normalized spacial score (nSPS) is 11.3. The van der Waals surface area contributed by atoms with Gasteiger partial charge in [-0.1, -0.05) is 0 Å². The van der Waals surface area contributed by atoms with Gasteiger partial charge in [0, 0.05) is 18.0 Å². The fraction of sp³-hybridized carbons (Fsp3) is 0.100. The number of ether oxygens (including phenoxy) is 1. The Labute approximate surface area is 188 Å². The Balaban J connectivity index is 0.000000739. The van der Waals surface area contributed by atoms with Gasteiger partial charge in [0.25, 0.3) is 5.91 Å². The minimum Gasteiger partial charge on any atom is -0.456 e. The Morgan fingerprint density at radius 1 is 1.03 bits per heavy atom. The zero-order valence-electron chi connectivity index (χ0n) is 17.1. The van der Waals surface area contributed by atoms with E-state index in [1.54, 1.807) is 0 Å². The molecule has 1 aromatic heterocycles. The molecule has 0 fully saturated rings. The van der Waals surface area contributed by atoms with Crippen LogP contribution in [0.15, 0.2) is 59.5 Å². The molecule has 9 nitrogen and oxygen atoms in total. The first-order chi connectivity index (χ1) is 15.6. The van der Waals surface area contributed by atoms with Gasteiger partial charge < -0.3 is 29.7 Å². The van der Waals surface area contributed by atoms with Crippen LogP contribution in [-0.2, 0) is 10.7 Å². The molecule has 3 rings (SSSR count). The number of phosphoric acid groups is 1. The van der Waals surface area contributed by atoms with Gasteiger partial charge in [-0.05, 0) is 55.0 Å². The van der Waals surface area contributed by atoms with Gasteiger partial charge in [-0.25, -0.2) is 8.96 Å². The number of alkyl halides is 3. The van der Waals surface area contributed by atoms with Crippen molar-refractivity contribution in [3.8, 4) is 11.5 Å². The number of H-pyrrole nitrogens is 1. The number of aromatic nitrogens is 1. The van der Waals surface area contributed by atoms with Crippen molar-refractivity contribution < 1.29 is 46.3 Å². The standard InChI is InChI=1S/C20H14F4N2O3.H3O4P/c1-11-8-13(21)3-5-16(11)29-17-9-12(20(22,23)24)2-4-15(17)19(28)26-14-6-7-25-18(27)10-14;1-5(2,3)4/h2-10H,1H3,(H2,25,26,27,28);(H3,1,2,3,4). The molecule has 0 aliphatic heterocycles. The summed E-state index contributed by atoms with van der Waals surface area (Å²) in [6, 6.07) is 8.43. The average molecular weight is 504 g/mol. The summed E-state index contributed by atoms with van der Waals surface area (Å²) in [5, 5.41) is 2.43. The number of aryl methyl sites for hydroxylation is 1. The number of hydrogen-bond donors (Lipinski definition) is 5. The lowest BCUT2D eigenvalue weighted by atomic mass is 10.1. The van der Waals surface area contributed by atoms with E-state index >= 15 is 0 Å². The Bertz CT molecular complexity index is 1280. The highest BCUT2D eigenvalue weighted by atomic mass is 31.2. The Hall–Kier alpha value is -3.51. The molecule has 182 valence electrons. The molecule has 0 spiro atoms. The van der Waals surface area contributed by atoms with Crippen LogP contribution in [-0.4, -0.2) is 25.6 Å². The second-order valence-corrected chi connectivity index (χ2v) is 7.66. The highest BCUT2D eigenvalue weighted by molar-refractivity contribution is 7.45. The van der Waals surface area contributed by atoms with E-state index in [4.69, 9.17) is 24.0 Å². The van der Waals surface area contributed by atoms with Crippen molar-refractivity contribution in [2.75, 3.05) is 5.32 Å². The van der Waals surface area contributed by atoms with Gasteiger partial charge in [0.2, 0.25) is 5.56 Å². The summed E-state index contributed by atoms with van der Waals surface area (Å²) in [6.07, 6.45) is -3.35. The number of anilines is 1. The summed E-state index contributed by atoms with van der Waals surface area (Å²) < 4.78 is 67.0. The summed E-state index contributed by atoms with van der Waals surface area (Å²) >= 11 is 0. The molecular formula is C20H17F4N2O7P. The second kappa shape index (κ2) is 10.6. The van der Waals surface area contributed by atoms with Crippen LogP contribution in [0.3, 0.4) is 0 Å². The molecule has 0 bridgehead atoms. The predicted octanol–water partition coefficient (Wildman–Crippen LogP) is 3.96. The van der Waals surface area contributed by atoms with Gasteiger partial charge in [-0.15, -0.1) is 0 Å². The summed E-state index contributed by atoms with van der Waals surface area (Å²) in [4.78, 5) is 47.9. The molecule has 3 aromatic rings. The highest BCUT2D eigenvalue weighted by Gasteiger charge is 2.32. The zero-order valence-corrected chi connectivity index (χ0v) is 18.0. The van der Waals surface area contributed by atoms with Gasteiger partial charge in [-0.2, -0.15) is 13.2 Å². The number of benzene rings is 2. The first-order valence-corrected chi connectivity index (χ1v) is 10.6. The number of halogens is 4. The maximum Gasteiger partial charge on any atom is 0.466 e. The number of hydrogen-bond acceptors (Lipinski definition) is 4. The van der Waals surface area contributed by atoms with Crippen molar-refractivity contribution >= 4 is 19.4 Å². The van der Waals surface area contributed by atoms with Crippen molar-refractivity contribution in [2.24, 2.45) is 0 Å². The maximum absolute atomic E-state index is 13.3. The minimum atomic E-state index is -4.66. The highest BCUT2D eigenvalue weighted by Crippen LogP contribution is 2.36. The zero-order chi connectivity index (χ0) is 25.7. The average Bonchev–Trinajstić information content (AvgIpc) is 2.68. The monoisotopic (exact) mass is 504 g/mol. The van der Waals surface area contributed by atoms with Crippen molar-refractivity contribution in [1.29, 1.82) is 0 Å². The van der Waals surface area contributed by atoms with Crippen LogP contribution in [0.1, 0.15) is 21.5 Å². The van der Waals surface area contributed by atoms with Gasteiger partial charge in [0.1, 0.15) is 17.3 Å². The molecule has 0 aliphatic carbocycles. The number of aromatic amines is 1. The Morgan fingerprint density at radius 3 is 2.24 bits per heavy atom. The number of carbonyl (C=O) groups is 1. The predicted molar refractivity (Wildman–Crippen MR) is 112 cm³/mol. The van der Waals surface area contributed by atoms with E-state index in [2.05, 4.69) is 10.3 Å². The Kier molecular flexibility index (Phi) is 8.35. The third-order valence-corrected chi connectivity index (χ3v) is 3.94.